The van der Waals surface area contributed by atoms with Gasteiger partial charge in [0.05, 0.1) is 0 Å². The van der Waals surface area contributed by atoms with Gasteiger partial charge < -0.3 is 14.9 Å². The van der Waals surface area contributed by atoms with Crippen molar-refractivity contribution in [3.05, 3.63) is 58.7 Å². The zero-order chi connectivity index (χ0) is 21.1. The van der Waals surface area contributed by atoms with Gasteiger partial charge in [0.15, 0.2) is 0 Å². The molecule has 0 radical (unpaired) electrons. The summed E-state index contributed by atoms with van der Waals surface area (Å²) >= 11 is 0. The molecule has 2 aromatic rings. The van der Waals surface area contributed by atoms with Gasteiger partial charge in [0, 0.05) is 6.42 Å². The SMILES string of the molecule is CC(C)(C)c1cc(CCC(=O)OCc2ccc(O)cc2)cc(C(C)(C)C)c1O. The predicted molar refractivity (Wildman–Crippen MR) is 112 cm³/mol. The van der Waals surface area contributed by atoms with Gasteiger partial charge in [-0.15, -0.1) is 0 Å². The lowest BCUT2D eigenvalue weighted by atomic mass is 9.78. The van der Waals surface area contributed by atoms with Crippen molar-refractivity contribution in [1.29, 1.82) is 0 Å². The molecule has 4 nitrogen and oxygen atoms in total. The lowest BCUT2D eigenvalue weighted by molar-refractivity contribution is -0.144. The number of rotatable bonds is 5. The third-order valence-electron chi connectivity index (χ3n) is 4.74. The van der Waals surface area contributed by atoms with Crippen LogP contribution in [0.25, 0.3) is 0 Å². The summed E-state index contributed by atoms with van der Waals surface area (Å²) < 4.78 is 5.34. The summed E-state index contributed by atoms with van der Waals surface area (Å²) in [6.07, 6.45) is 0.830. The number of carbonyl (C=O) groups excluding carboxylic acids is 1. The smallest absolute Gasteiger partial charge is 0.306 e. The molecule has 0 aromatic heterocycles. The van der Waals surface area contributed by atoms with Gasteiger partial charge in [0.25, 0.3) is 0 Å². The molecular formula is C24H32O4. The monoisotopic (exact) mass is 384 g/mol. The van der Waals surface area contributed by atoms with E-state index in [0.29, 0.717) is 12.2 Å². The second-order valence-corrected chi connectivity index (χ2v) is 9.37. The molecule has 152 valence electrons. The second-order valence-electron chi connectivity index (χ2n) is 9.37. The number of esters is 1. The first-order valence-electron chi connectivity index (χ1n) is 9.68. The number of aromatic hydroxyl groups is 2. The topological polar surface area (TPSA) is 66.8 Å². The number of carbonyl (C=O) groups is 1. The van der Waals surface area contributed by atoms with Gasteiger partial charge in [-0.1, -0.05) is 65.8 Å². The number of benzene rings is 2. The van der Waals surface area contributed by atoms with E-state index in [2.05, 4.69) is 41.5 Å². The van der Waals surface area contributed by atoms with Crippen LogP contribution < -0.4 is 0 Å². The zero-order valence-electron chi connectivity index (χ0n) is 17.8. The van der Waals surface area contributed by atoms with Crippen molar-refractivity contribution in [3.8, 4) is 11.5 Å². The number of hydrogen-bond donors (Lipinski definition) is 2. The fraction of sp³-hybridized carbons (Fsp3) is 0.458. The van der Waals surface area contributed by atoms with E-state index in [9.17, 15) is 15.0 Å². The van der Waals surface area contributed by atoms with Gasteiger partial charge in [-0.2, -0.15) is 0 Å². The molecule has 2 N–H and O–H groups in total. The molecule has 0 aliphatic rings. The van der Waals surface area contributed by atoms with Gasteiger partial charge in [-0.05, 0) is 51.6 Å². The van der Waals surface area contributed by atoms with Gasteiger partial charge in [0.1, 0.15) is 18.1 Å². The molecule has 0 fully saturated rings. The van der Waals surface area contributed by atoms with Crippen LogP contribution in [0.5, 0.6) is 11.5 Å². The fourth-order valence-electron chi connectivity index (χ4n) is 3.06. The number of aryl methyl sites for hydroxylation is 1. The first-order valence-corrected chi connectivity index (χ1v) is 9.68. The standard InChI is InChI=1S/C24H32O4/c1-23(2,3)19-13-17(14-20(22(19)27)24(4,5)6)9-12-21(26)28-15-16-7-10-18(25)11-8-16/h7-8,10-11,13-14,25,27H,9,12,15H2,1-6H3. The molecule has 0 heterocycles. The van der Waals surface area contributed by atoms with Crippen molar-refractivity contribution in [1.82, 2.24) is 0 Å². The van der Waals surface area contributed by atoms with Crippen molar-refractivity contribution >= 4 is 5.97 Å². The van der Waals surface area contributed by atoms with Gasteiger partial charge in [-0.25, -0.2) is 0 Å². The molecule has 2 rings (SSSR count). The lowest BCUT2D eigenvalue weighted by Crippen LogP contribution is -2.18. The molecule has 0 atom stereocenters. The lowest BCUT2D eigenvalue weighted by Gasteiger charge is -2.28. The van der Waals surface area contributed by atoms with Gasteiger partial charge >= 0.3 is 5.97 Å². The molecule has 4 heteroatoms. The van der Waals surface area contributed by atoms with Crippen LogP contribution in [0.2, 0.25) is 0 Å². The average Bonchev–Trinajstić information content (AvgIpc) is 2.58. The molecule has 0 amide bonds. The zero-order valence-corrected chi connectivity index (χ0v) is 17.8. The molecular weight excluding hydrogens is 352 g/mol. The molecule has 0 bridgehead atoms. The van der Waals surface area contributed by atoms with E-state index >= 15 is 0 Å². The molecule has 0 saturated carbocycles. The third-order valence-corrected chi connectivity index (χ3v) is 4.74. The Bertz CT molecular complexity index is 786. The quantitative estimate of drug-likeness (QED) is 0.680. The normalized spacial score (nSPS) is 12.1. The Morgan fingerprint density at radius 3 is 1.82 bits per heavy atom. The molecule has 0 unspecified atom stereocenters. The number of hydrogen-bond acceptors (Lipinski definition) is 4. The molecule has 0 aliphatic heterocycles. The van der Waals surface area contributed by atoms with Crippen LogP contribution in [0.15, 0.2) is 36.4 Å². The summed E-state index contributed by atoms with van der Waals surface area (Å²) in [5, 5.41) is 20.1. The summed E-state index contributed by atoms with van der Waals surface area (Å²) in [6.45, 7) is 12.6. The summed E-state index contributed by atoms with van der Waals surface area (Å²) in [5.74, 6) is 0.265. The van der Waals surface area contributed by atoms with E-state index in [-0.39, 0.29) is 35.6 Å². The molecule has 0 spiro atoms. The average molecular weight is 385 g/mol. The highest BCUT2D eigenvalue weighted by molar-refractivity contribution is 5.69. The minimum absolute atomic E-state index is 0.187. The van der Waals surface area contributed by atoms with Crippen LogP contribution in [-0.4, -0.2) is 16.2 Å². The van der Waals surface area contributed by atoms with E-state index < -0.39 is 0 Å². The van der Waals surface area contributed by atoms with Crippen molar-refractivity contribution in [2.45, 2.75) is 71.8 Å². The number of ether oxygens (including phenoxy) is 1. The first-order chi connectivity index (χ1) is 12.9. The Hall–Kier alpha value is -2.49. The summed E-state index contributed by atoms with van der Waals surface area (Å²) in [5.41, 5.74) is 3.26. The minimum atomic E-state index is -0.268. The summed E-state index contributed by atoms with van der Waals surface area (Å²) in [6, 6.07) is 10.6. The number of phenolic OH excluding ortho intramolecular Hbond substituents is 2. The molecule has 0 saturated heterocycles. The second kappa shape index (κ2) is 8.26. The van der Waals surface area contributed by atoms with Crippen molar-refractivity contribution in [2.24, 2.45) is 0 Å². The number of phenols is 2. The summed E-state index contributed by atoms with van der Waals surface area (Å²) in [4.78, 5) is 12.2. The highest BCUT2D eigenvalue weighted by atomic mass is 16.5. The molecule has 2 aromatic carbocycles. The molecule has 0 aliphatic carbocycles. The minimum Gasteiger partial charge on any atom is -0.508 e. The Morgan fingerprint density at radius 2 is 1.36 bits per heavy atom. The largest absolute Gasteiger partial charge is 0.508 e. The Balaban J connectivity index is 2.10. The highest BCUT2D eigenvalue weighted by Gasteiger charge is 2.26. The maximum atomic E-state index is 12.2. The van der Waals surface area contributed by atoms with Gasteiger partial charge in [-0.3, -0.25) is 4.79 Å². The fourth-order valence-corrected chi connectivity index (χ4v) is 3.06. The van der Waals surface area contributed by atoms with Crippen LogP contribution in [0.4, 0.5) is 0 Å². The van der Waals surface area contributed by atoms with E-state index in [1.807, 2.05) is 12.1 Å². The Labute approximate surface area is 168 Å². The Kier molecular flexibility index (Phi) is 6.43. The predicted octanol–water partition coefficient (Wildman–Crippen LogP) is 5.37. The van der Waals surface area contributed by atoms with E-state index in [4.69, 9.17) is 4.74 Å². The third kappa shape index (κ3) is 5.75. The van der Waals surface area contributed by atoms with E-state index in [1.54, 1.807) is 24.3 Å². The van der Waals surface area contributed by atoms with Gasteiger partial charge in [0.2, 0.25) is 0 Å². The first kappa shape index (κ1) is 21.8. The van der Waals surface area contributed by atoms with Crippen LogP contribution in [-0.2, 0) is 33.4 Å². The highest BCUT2D eigenvalue weighted by Crippen LogP contribution is 2.40. The van der Waals surface area contributed by atoms with E-state index in [1.165, 1.54) is 0 Å². The van der Waals surface area contributed by atoms with E-state index in [0.717, 1.165) is 22.3 Å². The maximum Gasteiger partial charge on any atom is 0.306 e. The summed E-state index contributed by atoms with van der Waals surface area (Å²) in [7, 11) is 0. The van der Waals surface area contributed by atoms with Crippen LogP contribution >= 0.6 is 0 Å². The van der Waals surface area contributed by atoms with Crippen LogP contribution in [0, 0.1) is 0 Å². The molecule has 28 heavy (non-hydrogen) atoms. The maximum absolute atomic E-state index is 12.2. The Morgan fingerprint density at radius 1 is 0.857 bits per heavy atom. The van der Waals surface area contributed by atoms with Crippen LogP contribution in [0.1, 0.15) is 70.2 Å². The van der Waals surface area contributed by atoms with Crippen LogP contribution in [0.3, 0.4) is 0 Å². The van der Waals surface area contributed by atoms with Crippen molar-refractivity contribution in [2.75, 3.05) is 0 Å². The van der Waals surface area contributed by atoms with Crippen molar-refractivity contribution in [3.63, 3.8) is 0 Å². The van der Waals surface area contributed by atoms with Crippen molar-refractivity contribution < 1.29 is 19.7 Å².